The Morgan fingerprint density at radius 3 is 2.76 bits per heavy atom. The number of anilines is 2. The number of hydrogen-bond donors (Lipinski definition) is 2. The van der Waals surface area contributed by atoms with E-state index in [-0.39, 0.29) is 0 Å². The van der Waals surface area contributed by atoms with E-state index >= 15 is 0 Å². The Balaban J connectivity index is 2.05. The van der Waals surface area contributed by atoms with Gasteiger partial charge in [0.15, 0.2) is 0 Å². The van der Waals surface area contributed by atoms with Crippen molar-refractivity contribution in [1.29, 1.82) is 0 Å². The Labute approximate surface area is 125 Å². The van der Waals surface area contributed by atoms with E-state index in [0.29, 0.717) is 43.6 Å². The lowest BCUT2D eigenvalue weighted by Gasteiger charge is -2.26. The molecule has 8 nitrogen and oxygen atoms in total. The molecule has 1 atom stereocenters. The van der Waals surface area contributed by atoms with Crippen LogP contribution in [0.3, 0.4) is 0 Å². The third kappa shape index (κ3) is 4.68. The Morgan fingerprint density at radius 1 is 1.33 bits per heavy atom. The Morgan fingerprint density at radius 2 is 2.10 bits per heavy atom. The van der Waals surface area contributed by atoms with Crippen LogP contribution < -0.4 is 20.9 Å². The molecule has 0 bridgehead atoms. The first kappa shape index (κ1) is 15.7. The molecule has 0 aliphatic carbocycles. The van der Waals surface area contributed by atoms with Crippen LogP contribution in [0.5, 0.6) is 6.01 Å². The van der Waals surface area contributed by atoms with Gasteiger partial charge in [-0.1, -0.05) is 20.3 Å². The standard InChI is InChI=1S/C13H24N6O2/c1-3-4-10(2)9-21-13-16-11(18-14)15-12(17-13)19-5-7-20-8-6-19/h10H,3-9,14H2,1-2H3,(H,15,16,17,18). The number of nitrogen functional groups attached to an aromatic ring is 1. The van der Waals surface area contributed by atoms with Gasteiger partial charge in [-0.3, -0.25) is 5.43 Å². The second-order valence-electron chi connectivity index (χ2n) is 5.19. The summed E-state index contributed by atoms with van der Waals surface area (Å²) in [5, 5.41) is 0. The third-order valence-corrected chi connectivity index (χ3v) is 3.30. The molecule has 21 heavy (non-hydrogen) atoms. The lowest BCUT2D eigenvalue weighted by Crippen LogP contribution is -2.37. The van der Waals surface area contributed by atoms with Gasteiger partial charge in [0.2, 0.25) is 11.9 Å². The highest BCUT2D eigenvalue weighted by Gasteiger charge is 2.17. The van der Waals surface area contributed by atoms with Gasteiger partial charge in [-0.15, -0.1) is 0 Å². The molecule has 1 aliphatic heterocycles. The van der Waals surface area contributed by atoms with Crippen LogP contribution in [-0.4, -0.2) is 47.9 Å². The highest BCUT2D eigenvalue weighted by molar-refractivity contribution is 5.38. The fourth-order valence-corrected chi connectivity index (χ4v) is 2.17. The number of ether oxygens (including phenoxy) is 2. The van der Waals surface area contributed by atoms with Crippen molar-refractivity contribution in [2.45, 2.75) is 26.7 Å². The normalized spacial score (nSPS) is 16.6. The molecule has 1 unspecified atom stereocenters. The molecule has 0 aromatic carbocycles. The Kier molecular flexibility index (Phi) is 5.94. The third-order valence-electron chi connectivity index (χ3n) is 3.30. The number of rotatable bonds is 7. The molecule has 2 heterocycles. The van der Waals surface area contributed by atoms with Gasteiger partial charge >= 0.3 is 6.01 Å². The number of nitrogens with zero attached hydrogens (tertiary/aromatic N) is 4. The van der Waals surface area contributed by atoms with Gasteiger partial charge in [0, 0.05) is 13.1 Å². The van der Waals surface area contributed by atoms with Crippen LogP contribution in [0.15, 0.2) is 0 Å². The zero-order valence-electron chi connectivity index (χ0n) is 12.7. The van der Waals surface area contributed by atoms with Gasteiger partial charge in [0.25, 0.3) is 0 Å². The van der Waals surface area contributed by atoms with Crippen molar-refractivity contribution in [3.63, 3.8) is 0 Å². The summed E-state index contributed by atoms with van der Waals surface area (Å²) < 4.78 is 11.0. The number of nitrogens with two attached hydrogens (primary N) is 1. The average molecular weight is 296 g/mol. The number of nitrogens with one attached hydrogen (secondary N) is 1. The summed E-state index contributed by atoms with van der Waals surface area (Å²) in [6, 6.07) is 0.308. The van der Waals surface area contributed by atoms with Crippen molar-refractivity contribution in [2.75, 3.05) is 43.2 Å². The van der Waals surface area contributed by atoms with Gasteiger partial charge < -0.3 is 14.4 Å². The van der Waals surface area contributed by atoms with Crippen molar-refractivity contribution >= 4 is 11.9 Å². The molecule has 118 valence electrons. The van der Waals surface area contributed by atoms with Gasteiger partial charge in [0.05, 0.1) is 19.8 Å². The van der Waals surface area contributed by atoms with Crippen LogP contribution in [0.1, 0.15) is 26.7 Å². The van der Waals surface area contributed by atoms with Crippen LogP contribution >= 0.6 is 0 Å². The highest BCUT2D eigenvalue weighted by atomic mass is 16.5. The summed E-state index contributed by atoms with van der Waals surface area (Å²) in [4.78, 5) is 14.8. The zero-order chi connectivity index (χ0) is 15.1. The fraction of sp³-hybridized carbons (Fsp3) is 0.769. The molecular weight excluding hydrogens is 272 g/mol. The summed E-state index contributed by atoms with van der Waals surface area (Å²) in [5.41, 5.74) is 2.46. The minimum atomic E-state index is 0.308. The number of morpholine rings is 1. The molecule has 1 saturated heterocycles. The maximum Gasteiger partial charge on any atom is 0.323 e. The van der Waals surface area contributed by atoms with Gasteiger partial charge in [-0.25, -0.2) is 5.84 Å². The predicted octanol–water partition coefficient (Wildman–Crippen LogP) is 0.809. The maximum atomic E-state index is 5.68. The Bertz CT molecular complexity index is 439. The SMILES string of the molecule is CCCC(C)COc1nc(NN)nc(N2CCOCC2)n1. The minimum Gasteiger partial charge on any atom is -0.463 e. The van der Waals surface area contributed by atoms with E-state index in [1.54, 1.807) is 0 Å². The molecule has 8 heteroatoms. The number of hydrazine groups is 1. The number of hydrogen-bond acceptors (Lipinski definition) is 8. The van der Waals surface area contributed by atoms with Crippen molar-refractivity contribution in [2.24, 2.45) is 11.8 Å². The maximum absolute atomic E-state index is 5.68. The van der Waals surface area contributed by atoms with Crippen LogP contribution in [0, 0.1) is 5.92 Å². The molecule has 1 aromatic heterocycles. The first-order chi connectivity index (χ1) is 10.2. The summed E-state index contributed by atoms with van der Waals surface area (Å²) >= 11 is 0. The van der Waals surface area contributed by atoms with Crippen LogP contribution in [0.2, 0.25) is 0 Å². The smallest absolute Gasteiger partial charge is 0.323 e. The summed E-state index contributed by atoms with van der Waals surface area (Å²) in [6.07, 6.45) is 2.25. The average Bonchev–Trinajstić information content (AvgIpc) is 2.54. The monoisotopic (exact) mass is 296 g/mol. The van der Waals surface area contributed by atoms with E-state index in [1.165, 1.54) is 0 Å². The zero-order valence-corrected chi connectivity index (χ0v) is 12.7. The molecular formula is C13H24N6O2. The van der Waals surface area contributed by atoms with Crippen molar-refractivity contribution in [3.8, 4) is 6.01 Å². The summed E-state index contributed by atoms with van der Waals surface area (Å²) in [7, 11) is 0. The van der Waals surface area contributed by atoms with E-state index in [1.807, 2.05) is 4.90 Å². The largest absolute Gasteiger partial charge is 0.463 e. The van der Waals surface area contributed by atoms with Gasteiger partial charge in [-0.2, -0.15) is 15.0 Å². The molecule has 1 fully saturated rings. The quantitative estimate of drug-likeness (QED) is 0.563. The van der Waals surface area contributed by atoms with E-state index in [9.17, 15) is 0 Å². The molecule has 0 spiro atoms. The molecule has 0 radical (unpaired) electrons. The first-order valence-corrected chi connectivity index (χ1v) is 7.41. The first-order valence-electron chi connectivity index (χ1n) is 7.41. The second kappa shape index (κ2) is 7.94. The molecule has 1 aliphatic rings. The molecule has 0 amide bonds. The van der Waals surface area contributed by atoms with E-state index < -0.39 is 0 Å². The predicted molar refractivity (Wildman–Crippen MR) is 80.2 cm³/mol. The van der Waals surface area contributed by atoms with E-state index in [4.69, 9.17) is 15.3 Å². The van der Waals surface area contributed by atoms with Gasteiger partial charge in [0.1, 0.15) is 0 Å². The molecule has 3 N–H and O–H groups in total. The topological polar surface area (TPSA) is 98.4 Å². The van der Waals surface area contributed by atoms with E-state index in [0.717, 1.165) is 25.9 Å². The molecule has 2 rings (SSSR count). The minimum absolute atomic E-state index is 0.308. The van der Waals surface area contributed by atoms with Crippen LogP contribution in [0.25, 0.3) is 0 Å². The Hall–Kier alpha value is -1.67. The van der Waals surface area contributed by atoms with Crippen molar-refractivity contribution < 1.29 is 9.47 Å². The summed E-state index contributed by atoms with van der Waals surface area (Å²) in [6.45, 7) is 7.73. The van der Waals surface area contributed by atoms with Gasteiger partial charge in [-0.05, 0) is 12.3 Å². The molecule has 1 aromatic rings. The van der Waals surface area contributed by atoms with Crippen molar-refractivity contribution in [3.05, 3.63) is 0 Å². The summed E-state index contributed by atoms with van der Waals surface area (Å²) in [5.74, 6) is 6.76. The fourth-order valence-electron chi connectivity index (χ4n) is 2.17. The lowest BCUT2D eigenvalue weighted by molar-refractivity contribution is 0.122. The van der Waals surface area contributed by atoms with Crippen molar-refractivity contribution in [1.82, 2.24) is 15.0 Å². The number of aromatic nitrogens is 3. The lowest BCUT2D eigenvalue weighted by atomic mass is 10.1. The molecule has 0 saturated carbocycles. The second-order valence-corrected chi connectivity index (χ2v) is 5.19. The highest BCUT2D eigenvalue weighted by Crippen LogP contribution is 2.16. The van der Waals surface area contributed by atoms with Crippen LogP contribution in [0.4, 0.5) is 11.9 Å². The van der Waals surface area contributed by atoms with Crippen LogP contribution in [-0.2, 0) is 4.74 Å². The van der Waals surface area contributed by atoms with E-state index in [2.05, 4.69) is 34.2 Å².